The van der Waals surface area contributed by atoms with Crippen LogP contribution in [0, 0.1) is 5.82 Å². The van der Waals surface area contributed by atoms with Crippen LogP contribution in [-0.4, -0.2) is 12.9 Å². The largest absolute Gasteiger partial charge is 0.496 e. The van der Waals surface area contributed by atoms with Gasteiger partial charge in [0.05, 0.1) is 12.7 Å². The maximum Gasteiger partial charge on any atom is 0.198 e. The van der Waals surface area contributed by atoms with Crippen LogP contribution in [0.5, 0.6) is 5.75 Å². The normalized spacial score (nSPS) is 10.3. The van der Waals surface area contributed by atoms with Crippen LogP contribution in [-0.2, 0) is 0 Å². The van der Waals surface area contributed by atoms with Crippen LogP contribution in [0.25, 0.3) is 0 Å². The molecule has 0 radical (unpaired) electrons. The summed E-state index contributed by atoms with van der Waals surface area (Å²) in [7, 11) is 1.45. The van der Waals surface area contributed by atoms with Crippen molar-refractivity contribution in [2.45, 2.75) is 0 Å². The van der Waals surface area contributed by atoms with Crippen LogP contribution in [0.15, 0.2) is 36.4 Å². The van der Waals surface area contributed by atoms with Gasteiger partial charge >= 0.3 is 0 Å². The number of nitrogens with two attached hydrogens (primary N) is 1. The van der Waals surface area contributed by atoms with Gasteiger partial charge in [0.15, 0.2) is 5.78 Å². The topological polar surface area (TPSA) is 52.3 Å². The third-order valence-corrected chi connectivity index (χ3v) is 2.90. The Morgan fingerprint density at radius 3 is 2.58 bits per heavy atom. The number of anilines is 1. The summed E-state index contributed by atoms with van der Waals surface area (Å²) in [6.07, 6.45) is 0. The highest BCUT2D eigenvalue weighted by Crippen LogP contribution is 2.27. The summed E-state index contributed by atoms with van der Waals surface area (Å²) in [5, 5.41) is 0.407. The van der Waals surface area contributed by atoms with Gasteiger partial charge in [-0.3, -0.25) is 4.79 Å². The third kappa shape index (κ3) is 2.69. The lowest BCUT2D eigenvalue weighted by molar-refractivity contribution is 0.103. The molecule has 98 valence electrons. The van der Waals surface area contributed by atoms with Crippen molar-refractivity contribution in [1.29, 1.82) is 0 Å². The van der Waals surface area contributed by atoms with Crippen molar-refractivity contribution in [3.05, 3.63) is 58.4 Å². The number of carbonyl (C=O) groups is 1. The van der Waals surface area contributed by atoms with E-state index >= 15 is 0 Å². The summed E-state index contributed by atoms with van der Waals surface area (Å²) < 4.78 is 18.1. The molecule has 0 atom stereocenters. The zero-order chi connectivity index (χ0) is 14.0. The molecular formula is C14H11ClFNO2. The van der Waals surface area contributed by atoms with Gasteiger partial charge < -0.3 is 10.5 Å². The molecular weight excluding hydrogens is 269 g/mol. The number of rotatable bonds is 3. The summed E-state index contributed by atoms with van der Waals surface area (Å²) in [6, 6.07) is 8.32. The predicted octanol–water partition coefficient (Wildman–Crippen LogP) is 3.30. The van der Waals surface area contributed by atoms with Gasteiger partial charge in [-0.25, -0.2) is 4.39 Å². The van der Waals surface area contributed by atoms with E-state index in [-0.39, 0.29) is 22.6 Å². The van der Waals surface area contributed by atoms with Crippen LogP contribution in [0.3, 0.4) is 0 Å². The first-order valence-corrected chi connectivity index (χ1v) is 5.84. The number of benzene rings is 2. The lowest BCUT2D eigenvalue weighted by atomic mass is 10.0. The molecule has 2 rings (SSSR count). The van der Waals surface area contributed by atoms with Crippen LogP contribution in [0.4, 0.5) is 10.1 Å². The Bertz CT molecular complexity index is 643. The van der Waals surface area contributed by atoms with Gasteiger partial charge in [-0.2, -0.15) is 0 Å². The maximum absolute atomic E-state index is 13.0. The fourth-order valence-electron chi connectivity index (χ4n) is 1.74. The lowest BCUT2D eigenvalue weighted by Gasteiger charge is -2.09. The van der Waals surface area contributed by atoms with Crippen molar-refractivity contribution in [3.8, 4) is 5.75 Å². The second kappa shape index (κ2) is 5.28. The van der Waals surface area contributed by atoms with Gasteiger partial charge in [0, 0.05) is 16.3 Å². The first kappa shape index (κ1) is 13.4. The average Bonchev–Trinajstić information content (AvgIpc) is 2.38. The van der Waals surface area contributed by atoms with E-state index in [2.05, 4.69) is 0 Å². The van der Waals surface area contributed by atoms with Gasteiger partial charge in [-0.05, 0) is 36.4 Å². The Hall–Kier alpha value is -2.07. The van der Waals surface area contributed by atoms with Gasteiger partial charge in [0.2, 0.25) is 0 Å². The first-order valence-electron chi connectivity index (χ1n) is 5.46. The van der Waals surface area contributed by atoms with Crippen molar-refractivity contribution in [3.63, 3.8) is 0 Å². The molecule has 2 aromatic carbocycles. The molecule has 0 fully saturated rings. The summed E-state index contributed by atoms with van der Waals surface area (Å²) >= 11 is 5.87. The molecule has 0 bridgehead atoms. The van der Waals surface area contributed by atoms with Crippen LogP contribution in [0.2, 0.25) is 5.02 Å². The maximum atomic E-state index is 13.0. The molecule has 0 aliphatic heterocycles. The molecule has 2 N–H and O–H groups in total. The molecule has 0 spiro atoms. The molecule has 0 aromatic heterocycles. The van der Waals surface area contributed by atoms with Crippen molar-refractivity contribution < 1.29 is 13.9 Å². The van der Waals surface area contributed by atoms with Gasteiger partial charge in [-0.1, -0.05) is 11.6 Å². The smallest absolute Gasteiger partial charge is 0.198 e. The van der Waals surface area contributed by atoms with Crippen LogP contribution in [0.1, 0.15) is 15.9 Å². The molecule has 0 saturated carbocycles. The van der Waals surface area contributed by atoms with E-state index in [1.807, 2.05) is 0 Å². The second-order valence-electron chi connectivity index (χ2n) is 3.91. The quantitative estimate of drug-likeness (QED) is 0.693. The van der Waals surface area contributed by atoms with E-state index in [0.717, 1.165) is 6.07 Å². The lowest BCUT2D eigenvalue weighted by Crippen LogP contribution is -2.07. The highest BCUT2D eigenvalue weighted by atomic mass is 35.5. The molecule has 19 heavy (non-hydrogen) atoms. The van der Waals surface area contributed by atoms with Crippen molar-refractivity contribution >= 4 is 23.1 Å². The van der Waals surface area contributed by atoms with Crippen molar-refractivity contribution in [2.75, 3.05) is 12.8 Å². The molecule has 5 heteroatoms. The number of ether oxygens (including phenoxy) is 1. The molecule has 0 amide bonds. The predicted molar refractivity (Wildman–Crippen MR) is 72.2 cm³/mol. The van der Waals surface area contributed by atoms with Crippen LogP contribution < -0.4 is 10.5 Å². The molecule has 2 aromatic rings. The monoisotopic (exact) mass is 279 g/mol. The molecule has 0 aliphatic rings. The zero-order valence-corrected chi connectivity index (χ0v) is 10.9. The van der Waals surface area contributed by atoms with Gasteiger partial charge in [0.1, 0.15) is 11.6 Å². The van der Waals surface area contributed by atoms with E-state index in [4.69, 9.17) is 22.1 Å². The number of hydrogen-bond acceptors (Lipinski definition) is 3. The number of ketones is 1. The second-order valence-corrected chi connectivity index (χ2v) is 4.34. The summed E-state index contributed by atoms with van der Waals surface area (Å²) in [5.41, 5.74) is 6.23. The minimum absolute atomic E-state index is 0.0760. The Kier molecular flexibility index (Phi) is 3.71. The van der Waals surface area contributed by atoms with Crippen molar-refractivity contribution in [2.24, 2.45) is 0 Å². The minimum Gasteiger partial charge on any atom is -0.496 e. The van der Waals surface area contributed by atoms with E-state index in [0.29, 0.717) is 10.8 Å². The number of carbonyl (C=O) groups excluding carboxylic acids is 1. The Morgan fingerprint density at radius 2 is 1.95 bits per heavy atom. The number of nitrogen functional groups attached to an aromatic ring is 1. The number of halogens is 2. The zero-order valence-electron chi connectivity index (χ0n) is 10.1. The summed E-state index contributed by atoms with van der Waals surface area (Å²) in [4.78, 5) is 12.4. The fourth-order valence-corrected chi connectivity index (χ4v) is 1.92. The summed E-state index contributed by atoms with van der Waals surface area (Å²) in [5.74, 6) is -0.470. The Balaban J connectivity index is 2.52. The van der Waals surface area contributed by atoms with E-state index < -0.39 is 5.82 Å². The SMILES string of the molecule is COc1ccc(Cl)cc1C(=O)c1ccc(F)cc1N. The molecule has 3 nitrogen and oxygen atoms in total. The third-order valence-electron chi connectivity index (χ3n) is 2.66. The van der Waals surface area contributed by atoms with E-state index in [1.165, 1.54) is 25.3 Å². The Labute approximate surface area is 114 Å². The molecule has 0 heterocycles. The van der Waals surface area contributed by atoms with Gasteiger partial charge in [-0.15, -0.1) is 0 Å². The number of hydrogen-bond donors (Lipinski definition) is 1. The summed E-state index contributed by atoms with van der Waals surface area (Å²) in [6.45, 7) is 0. The number of methoxy groups -OCH3 is 1. The molecule has 0 saturated heterocycles. The highest BCUT2D eigenvalue weighted by Gasteiger charge is 2.17. The molecule has 0 unspecified atom stereocenters. The average molecular weight is 280 g/mol. The van der Waals surface area contributed by atoms with Crippen molar-refractivity contribution in [1.82, 2.24) is 0 Å². The van der Waals surface area contributed by atoms with Gasteiger partial charge in [0.25, 0.3) is 0 Å². The standard InChI is InChI=1S/C14H11ClFNO2/c1-19-13-5-2-8(15)6-11(13)14(18)10-4-3-9(16)7-12(10)17/h2-7H,17H2,1H3. The fraction of sp³-hybridized carbons (Fsp3) is 0.0714. The molecule has 0 aliphatic carbocycles. The highest BCUT2D eigenvalue weighted by molar-refractivity contribution is 6.31. The van der Waals surface area contributed by atoms with E-state index in [1.54, 1.807) is 12.1 Å². The van der Waals surface area contributed by atoms with E-state index in [9.17, 15) is 9.18 Å². The van der Waals surface area contributed by atoms with Crippen LogP contribution >= 0.6 is 11.6 Å². The minimum atomic E-state index is -0.493. The Morgan fingerprint density at radius 1 is 1.21 bits per heavy atom. The first-order chi connectivity index (χ1) is 9.02.